The Kier molecular flexibility index (Phi) is 25.9. The van der Waals surface area contributed by atoms with E-state index in [2.05, 4.69) is 117 Å². The van der Waals surface area contributed by atoms with E-state index in [1.807, 2.05) is 168 Å². The third kappa shape index (κ3) is 19.6. The number of carbonyl (C=O) groups excluding carboxylic acids is 4. The lowest BCUT2D eigenvalue weighted by Crippen LogP contribution is -2.17. The average Bonchev–Trinajstić information content (AvgIpc) is 1.62. The van der Waals surface area contributed by atoms with Crippen molar-refractivity contribution in [3.05, 3.63) is 322 Å². The number of fused-ring (bicyclic) bond motifs is 8. The van der Waals surface area contributed by atoms with Gasteiger partial charge in [0.25, 0.3) is 0 Å². The first kappa shape index (κ1) is 93.8. The molecule has 0 radical (unpaired) electrons. The van der Waals surface area contributed by atoms with Crippen molar-refractivity contribution in [1.82, 2.24) is 121 Å². The van der Waals surface area contributed by atoms with Crippen LogP contribution in [0.2, 0.25) is 0 Å². The summed E-state index contributed by atoms with van der Waals surface area (Å²) in [5.74, 6) is 1.14. The van der Waals surface area contributed by atoms with Gasteiger partial charge in [0.2, 0.25) is 17.7 Å². The van der Waals surface area contributed by atoms with Crippen LogP contribution in [0.5, 0.6) is 0 Å². The highest BCUT2D eigenvalue weighted by Crippen LogP contribution is 2.41. The van der Waals surface area contributed by atoms with Gasteiger partial charge in [-0.3, -0.25) is 59.5 Å². The highest BCUT2D eigenvalue weighted by Gasteiger charge is 2.26. The molecule has 0 atom stereocenters. The van der Waals surface area contributed by atoms with Crippen molar-refractivity contribution in [3.8, 4) is 135 Å². The lowest BCUT2D eigenvalue weighted by atomic mass is 10.0. The summed E-state index contributed by atoms with van der Waals surface area (Å²) in [4.78, 5) is 116. The van der Waals surface area contributed by atoms with Crippen molar-refractivity contribution in [1.29, 1.82) is 0 Å². The number of H-pyrrole nitrogens is 8. The topological polar surface area (TPSA) is 437 Å². The largest absolute Gasteiger partial charge is 0.337 e. The molecule has 0 unspecified atom stereocenters. The van der Waals surface area contributed by atoms with E-state index in [1.54, 1.807) is 142 Å². The Bertz CT molecular complexity index is 9170. The normalized spacial score (nSPS) is 11.4. The first-order chi connectivity index (χ1) is 71.6. The monoisotopic (exact) mass is 1950 g/mol. The maximum Gasteiger partial charge on any atom is 0.226 e. The zero-order valence-electron chi connectivity index (χ0n) is 79.5. The van der Waals surface area contributed by atoms with E-state index in [1.165, 1.54) is 24.3 Å². The molecule has 0 spiro atoms. The van der Waals surface area contributed by atoms with E-state index in [-0.39, 0.29) is 58.6 Å². The van der Waals surface area contributed by atoms with Gasteiger partial charge in [0.15, 0.2) is 45.9 Å². The van der Waals surface area contributed by atoms with Crippen LogP contribution >= 0.6 is 0 Å². The third-order valence-corrected chi connectivity index (χ3v) is 24.7. The molecule has 0 bridgehead atoms. The zero-order chi connectivity index (χ0) is 101. The molecule has 0 aliphatic heterocycles. The average molecular weight is 1950 g/mol. The number of para-hydroxylation sites is 4. The van der Waals surface area contributed by atoms with Gasteiger partial charge in [-0.25, -0.2) is 57.4 Å². The van der Waals surface area contributed by atoms with Gasteiger partial charge in [-0.1, -0.05) is 169 Å². The van der Waals surface area contributed by atoms with E-state index in [0.717, 1.165) is 93.8 Å². The molecule has 31 nitrogen and oxygen atoms in total. The van der Waals surface area contributed by atoms with Gasteiger partial charge in [0.1, 0.15) is 51.8 Å². The smallest absolute Gasteiger partial charge is 0.226 e. The molecule has 147 heavy (non-hydrogen) atoms. The van der Waals surface area contributed by atoms with Gasteiger partial charge in [-0.2, -0.15) is 20.4 Å². The highest BCUT2D eigenvalue weighted by molar-refractivity contribution is 6.04. The molecule has 11 N–H and O–H groups in total. The number of benzene rings is 8. The number of imidazole rings is 4. The van der Waals surface area contributed by atoms with E-state index in [9.17, 15) is 36.7 Å². The number of nitrogens with one attached hydrogen (secondary N) is 11. The van der Waals surface area contributed by atoms with Crippen molar-refractivity contribution >= 4 is 129 Å². The number of Topliss-reactive ketones (excluding diaryl/α,β-unsaturated/α-hetero) is 1. The second-order valence-corrected chi connectivity index (χ2v) is 35.5. The third-order valence-electron chi connectivity index (χ3n) is 24.7. The van der Waals surface area contributed by atoms with Crippen LogP contribution in [0.4, 0.5) is 34.6 Å². The van der Waals surface area contributed by atoms with E-state index in [4.69, 9.17) is 19.9 Å². The zero-order valence-corrected chi connectivity index (χ0v) is 79.5. The Morgan fingerprint density at radius 2 is 0.605 bits per heavy atom. The molecule has 0 saturated heterocycles. The van der Waals surface area contributed by atoms with Crippen molar-refractivity contribution in [2.45, 2.75) is 67.2 Å². The van der Waals surface area contributed by atoms with Gasteiger partial charge < -0.3 is 35.9 Å². The number of rotatable bonds is 22. The van der Waals surface area contributed by atoms with Gasteiger partial charge in [0.05, 0.1) is 101 Å². The Morgan fingerprint density at radius 3 is 0.905 bits per heavy atom. The Morgan fingerprint density at radius 1 is 0.306 bits per heavy atom. The minimum Gasteiger partial charge on any atom is -0.337 e. The number of aromatic nitrogens is 24. The SMILES string of the molecule is CC(C)C(=O)Nc1cncc(-c2cnc3n[nH]c(-c4nc5c(-c6ccccc6F)cccc5[nH]4)c3c2)c1.CC(C)CC(=O)Nc1cncc(-c2cnc3n[nH]c(-c4nc5c(-c6ccccc6F)cccc5[nH]4)c3c2)c1.CCC(=O)Cc1ccc(-c2cnc3n[nH]c(-c4nc5c(-c6ccccc6F)cccc5[nH]4)c3c2)cn1.CCC(=O)Nc1cncc(-c2cnc3n[nH]c(-c4nc5c(-c6ccccc6F)cccc5[nH]4)c3c2)c1. The molecule has 16 heterocycles. The second-order valence-electron chi connectivity index (χ2n) is 35.5. The van der Waals surface area contributed by atoms with E-state index in [0.29, 0.717) is 178 Å². The van der Waals surface area contributed by atoms with Crippen LogP contribution < -0.4 is 16.0 Å². The van der Waals surface area contributed by atoms with E-state index < -0.39 is 0 Å². The van der Waals surface area contributed by atoms with Gasteiger partial charge >= 0.3 is 0 Å². The number of pyridine rings is 8. The number of hydrogen-bond acceptors (Lipinski definition) is 20. The van der Waals surface area contributed by atoms with Crippen LogP contribution in [0.15, 0.2) is 293 Å². The number of anilines is 3. The van der Waals surface area contributed by atoms with Crippen molar-refractivity contribution in [2.75, 3.05) is 16.0 Å². The summed E-state index contributed by atoms with van der Waals surface area (Å²) < 4.78 is 58.1. The predicted molar refractivity (Wildman–Crippen MR) is 560 cm³/mol. The first-order valence-corrected chi connectivity index (χ1v) is 47.2. The Hall–Kier alpha value is -19.5. The number of aromatic amines is 8. The van der Waals surface area contributed by atoms with Gasteiger partial charge in [0, 0.05) is 176 Å². The fourth-order valence-corrected chi connectivity index (χ4v) is 17.3. The number of carbonyl (C=O) groups is 4. The minimum atomic E-state index is -0.305. The number of amides is 3. The Labute approximate surface area is 833 Å². The van der Waals surface area contributed by atoms with Crippen LogP contribution in [0.1, 0.15) is 66.5 Å². The molecular formula is C112H87F4N27O4. The molecule has 3 amide bonds. The summed E-state index contributed by atoms with van der Waals surface area (Å²) in [6.45, 7) is 11.3. The number of hydrogen-bond donors (Lipinski definition) is 11. The molecule has 0 aliphatic rings. The summed E-state index contributed by atoms with van der Waals surface area (Å²) in [7, 11) is 0. The Balaban J connectivity index is 0.000000115. The quantitative estimate of drug-likeness (QED) is 0.0281. The van der Waals surface area contributed by atoms with E-state index >= 15 is 0 Å². The van der Waals surface area contributed by atoms with Crippen LogP contribution in [0.3, 0.4) is 0 Å². The summed E-state index contributed by atoms with van der Waals surface area (Å²) in [5.41, 5.74) is 24.6. The summed E-state index contributed by atoms with van der Waals surface area (Å²) >= 11 is 0. The molecule has 24 rings (SSSR count). The van der Waals surface area contributed by atoms with Crippen LogP contribution in [0, 0.1) is 35.1 Å². The highest BCUT2D eigenvalue weighted by atomic mass is 19.1. The minimum absolute atomic E-state index is 0.0516. The molecule has 24 aromatic rings. The molecule has 35 heteroatoms. The molecule has 8 aromatic carbocycles. The lowest BCUT2D eigenvalue weighted by Gasteiger charge is -2.09. The van der Waals surface area contributed by atoms with Gasteiger partial charge in [-0.15, -0.1) is 0 Å². The fraction of sp³-hybridized carbons (Fsp3) is 0.107. The maximum absolute atomic E-state index is 14.6. The van der Waals surface area contributed by atoms with Crippen molar-refractivity contribution < 1.29 is 36.7 Å². The first-order valence-electron chi connectivity index (χ1n) is 47.2. The summed E-state index contributed by atoms with van der Waals surface area (Å²) in [5, 5.41) is 41.2. The lowest BCUT2D eigenvalue weighted by molar-refractivity contribution is -0.119. The van der Waals surface area contributed by atoms with Crippen LogP contribution in [0.25, 0.3) is 223 Å². The molecule has 0 fully saturated rings. The summed E-state index contributed by atoms with van der Waals surface area (Å²) in [6.07, 6.45) is 20.3. The standard InChI is InChI=1S/C29H24FN7O.C28H22FN7O.C28H21FN6O.C27H20FN7O/c1-16(2)10-25(38)33-19-11-17(13-31-15-19)18-12-22-27(36-37-28(22)32-14-18)29-34-24-9-5-7-21(26(24)35-29)20-6-3-4-8-23(20)30;1-15(2)28(37)32-18-10-16(12-30-14-18)17-11-21-25(35-36-26(21)31-13-17)27-33-23-9-5-7-20(24(23)34-27)19-6-3-4-8-22(19)29;1-2-19(36)13-18-11-10-16(14-30-18)17-12-22-26(34-35-27(22)31-15-17)28-32-24-9-5-7-21(25(24)33-28)20-6-3-4-8-23(20)29;1-2-23(36)31-17-10-15(12-29-14-17)16-11-20-25(34-35-26(20)30-13-16)27-32-22-9-5-7-19(24(22)33-27)18-6-3-4-8-21(18)28/h3-9,11-16H,10H2,1-2H3,(H,33,38)(H,34,35)(H,32,36,37);3-15H,1-2H3,(H,32,37)(H,33,34)(H,31,35,36);3-12,14-15H,2,13H2,1H3,(H,32,33)(H,31,34,35);3-14H,2H2,1H3,(H,31,36)(H,32,33)(H,30,34,35). The van der Waals surface area contributed by atoms with Gasteiger partial charge in [-0.05, 0) is 103 Å². The number of ketones is 1. The second kappa shape index (κ2) is 40.6. The fourth-order valence-electron chi connectivity index (χ4n) is 17.3. The number of halogens is 4. The van der Waals surface area contributed by atoms with Crippen molar-refractivity contribution in [2.24, 2.45) is 11.8 Å². The van der Waals surface area contributed by atoms with Crippen LogP contribution in [-0.4, -0.2) is 144 Å². The predicted octanol–water partition coefficient (Wildman–Crippen LogP) is 23.9. The molecule has 0 aliphatic carbocycles. The number of nitrogens with zero attached hydrogens (tertiary/aromatic N) is 16. The van der Waals surface area contributed by atoms with Crippen LogP contribution in [-0.2, 0) is 25.6 Å². The maximum atomic E-state index is 14.6. The molecule has 16 aromatic heterocycles. The molecule has 0 saturated carbocycles. The van der Waals surface area contributed by atoms with Crippen molar-refractivity contribution in [3.63, 3.8) is 0 Å². The molecular weight excluding hydrogens is 1860 g/mol. The summed E-state index contributed by atoms with van der Waals surface area (Å²) in [6, 6.07) is 66.4. The molecule has 722 valence electrons.